The molecule has 1 unspecified atom stereocenters. The average Bonchev–Trinajstić information content (AvgIpc) is 2.89. The number of hydrogen-bond donors (Lipinski definition) is 1. The van der Waals surface area contributed by atoms with Crippen molar-refractivity contribution in [2.45, 2.75) is 71.3 Å². The number of fused-ring (bicyclic) bond motifs is 1. The molecule has 0 amide bonds. The van der Waals surface area contributed by atoms with E-state index in [1.54, 1.807) is 0 Å². The van der Waals surface area contributed by atoms with Gasteiger partial charge in [-0.3, -0.25) is 9.80 Å². The van der Waals surface area contributed by atoms with Crippen molar-refractivity contribution in [1.82, 2.24) is 14.8 Å². The lowest BCUT2D eigenvalue weighted by atomic mass is 9.70. The number of unbranched alkanes of at least 4 members (excludes halogenated alkanes) is 2. The Balaban J connectivity index is 1.50. The Morgan fingerprint density at radius 3 is 2.49 bits per heavy atom. The Bertz CT molecular complexity index is 947. The molecule has 192 valence electrons. The van der Waals surface area contributed by atoms with Crippen molar-refractivity contribution in [3.8, 4) is 11.3 Å². The first kappa shape index (κ1) is 26.1. The summed E-state index contributed by atoms with van der Waals surface area (Å²) < 4.78 is 0. The van der Waals surface area contributed by atoms with Crippen LogP contribution < -0.4 is 4.90 Å². The summed E-state index contributed by atoms with van der Waals surface area (Å²) in [5, 5.41) is 8.98. The molecule has 5 heteroatoms. The van der Waals surface area contributed by atoms with E-state index in [9.17, 15) is 0 Å². The molecule has 1 atom stereocenters. The number of aliphatic hydroxyl groups excluding tert-OH is 1. The number of anilines is 1. The molecule has 35 heavy (non-hydrogen) atoms. The number of pyridine rings is 1. The smallest absolute Gasteiger partial charge is 0.129 e. The molecule has 2 heterocycles. The molecule has 0 radical (unpaired) electrons. The Kier molecular flexibility index (Phi) is 8.85. The van der Waals surface area contributed by atoms with E-state index in [2.05, 4.69) is 78.8 Å². The van der Waals surface area contributed by atoms with Crippen LogP contribution in [0.5, 0.6) is 0 Å². The van der Waals surface area contributed by atoms with E-state index in [1.807, 2.05) is 0 Å². The van der Waals surface area contributed by atoms with Gasteiger partial charge in [0.25, 0.3) is 0 Å². The van der Waals surface area contributed by atoms with Crippen LogP contribution in [0.15, 0.2) is 36.4 Å². The van der Waals surface area contributed by atoms with Gasteiger partial charge in [0.2, 0.25) is 0 Å². The van der Waals surface area contributed by atoms with Crippen LogP contribution in [0.25, 0.3) is 11.3 Å². The first-order valence-corrected chi connectivity index (χ1v) is 13.9. The van der Waals surface area contributed by atoms with Gasteiger partial charge < -0.3 is 10.0 Å². The number of piperazine rings is 1. The van der Waals surface area contributed by atoms with Gasteiger partial charge in [0.15, 0.2) is 0 Å². The number of rotatable bonds is 10. The zero-order valence-electron chi connectivity index (χ0n) is 22.5. The molecule has 0 saturated carbocycles. The Hall–Kier alpha value is -1.95. The molecule has 2 aromatic rings. The van der Waals surface area contributed by atoms with Crippen LogP contribution in [0, 0.1) is 0 Å². The predicted molar refractivity (Wildman–Crippen MR) is 147 cm³/mol. The number of nitrogens with zero attached hydrogens (tertiary/aromatic N) is 4. The minimum absolute atomic E-state index is 0.227. The second kappa shape index (κ2) is 11.9. The maximum absolute atomic E-state index is 8.98. The van der Waals surface area contributed by atoms with Crippen molar-refractivity contribution in [2.24, 2.45) is 0 Å². The van der Waals surface area contributed by atoms with E-state index >= 15 is 0 Å². The fraction of sp³-hybridized carbons (Fsp3) is 0.633. The highest BCUT2D eigenvalue weighted by atomic mass is 16.2. The van der Waals surface area contributed by atoms with Crippen LogP contribution in [-0.2, 0) is 5.41 Å². The maximum Gasteiger partial charge on any atom is 0.129 e. The zero-order chi connectivity index (χ0) is 24.8. The molecular weight excluding hydrogens is 432 g/mol. The first-order chi connectivity index (χ1) is 17.0. The van der Waals surface area contributed by atoms with Gasteiger partial charge in [-0.25, -0.2) is 4.98 Å². The third-order valence-electron chi connectivity index (χ3n) is 8.29. The van der Waals surface area contributed by atoms with E-state index in [-0.39, 0.29) is 5.41 Å². The summed E-state index contributed by atoms with van der Waals surface area (Å²) >= 11 is 0. The van der Waals surface area contributed by atoms with Crippen LogP contribution in [-0.4, -0.2) is 72.3 Å². The summed E-state index contributed by atoms with van der Waals surface area (Å²) in [6.45, 7) is 17.2. The Labute approximate surface area is 213 Å². The number of hydrogen-bond acceptors (Lipinski definition) is 5. The van der Waals surface area contributed by atoms with Gasteiger partial charge in [-0.15, -0.1) is 0 Å². The minimum atomic E-state index is 0.227. The second-order valence-electron chi connectivity index (χ2n) is 11.0. The van der Waals surface area contributed by atoms with Gasteiger partial charge in [0, 0.05) is 44.4 Å². The third kappa shape index (κ3) is 6.07. The molecule has 1 aromatic carbocycles. The van der Waals surface area contributed by atoms with Crippen molar-refractivity contribution >= 4 is 5.82 Å². The van der Waals surface area contributed by atoms with Gasteiger partial charge in [0.1, 0.15) is 5.82 Å². The van der Waals surface area contributed by atoms with Crippen molar-refractivity contribution in [3.63, 3.8) is 0 Å². The second-order valence-corrected chi connectivity index (χ2v) is 11.0. The molecule has 0 spiro atoms. The standard InChI is InChI=1S/C30H46N4O/c1-5-33(6-2)28-15-16-30(3,4)26-14-13-24(23-25(26)28)27-11-10-12-29(31-27)34-20-18-32(19-21-34)17-8-7-9-22-35/h10-14,23,28,35H,5-9,15-22H2,1-4H3. The molecule has 2 aliphatic rings. The molecule has 1 N–H and O–H groups in total. The third-order valence-corrected chi connectivity index (χ3v) is 8.29. The van der Waals surface area contributed by atoms with Crippen LogP contribution in [0.1, 0.15) is 77.0 Å². The van der Waals surface area contributed by atoms with E-state index in [0.717, 1.165) is 70.2 Å². The lowest BCUT2D eigenvalue weighted by molar-refractivity contribution is 0.180. The summed E-state index contributed by atoms with van der Waals surface area (Å²) in [6, 6.07) is 14.1. The van der Waals surface area contributed by atoms with Crippen LogP contribution in [0.2, 0.25) is 0 Å². The molecule has 5 nitrogen and oxygen atoms in total. The molecular formula is C30H46N4O. The molecule has 1 aliphatic carbocycles. The van der Waals surface area contributed by atoms with Gasteiger partial charge in [-0.05, 0) is 86.5 Å². The van der Waals surface area contributed by atoms with Gasteiger partial charge in [-0.2, -0.15) is 0 Å². The predicted octanol–water partition coefficient (Wildman–Crippen LogP) is 5.49. The highest BCUT2D eigenvalue weighted by molar-refractivity contribution is 5.64. The summed E-state index contributed by atoms with van der Waals surface area (Å²) in [7, 11) is 0. The lowest BCUT2D eigenvalue weighted by Gasteiger charge is -2.41. The molecule has 1 saturated heterocycles. The minimum Gasteiger partial charge on any atom is -0.396 e. The highest BCUT2D eigenvalue weighted by Gasteiger charge is 2.34. The Morgan fingerprint density at radius 1 is 1.00 bits per heavy atom. The van der Waals surface area contributed by atoms with Crippen molar-refractivity contribution < 1.29 is 5.11 Å². The molecule has 1 fully saturated rings. The molecule has 0 bridgehead atoms. The van der Waals surface area contributed by atoms with Crippen LogP contribution in [0.3, 0.4) is 0 Å². The molecule has 1 aliphatic heterocycles. The van der Waals surface area contributed by atoms with Crippen LogP contribution in [0.4, 0.5) is 5.82 Å². The van der Waals surface area contributed by atoms with Crippen molar-refractivity contribution in [3.05, 3.63) is 47.5 Å². The fourth-order valence-corrected chi connectivity index (χ4v) is 6.03. The SMILES string of the molecule is CCN(CC)C1CCC(C)(C)c2ccc(-c3cccc(N4CCN(CCCCCO)CC4)n3)cc21. The van der Waals surface area contributed by atoms with E-state index in [4.69, 9.17) is 10.1 Å². The highest BCUT2D eigenvalue weighted by Crippen LogP contribution is 2.45. The molecule has 4 rings (SSSR count). The van der Waals surface area contributed by atoms with Crippen LogP contribution >= 0.6 is 0 Å². The summed E-state index contributed by atoms with van der Waals surface area (Å²) in [5.41, 5.74) is 5.56. The monoisotopic (exact) mass is 478 g/mol. The van der Waals surface area contributed by atoms with E-state index < -0.39 is 0 Å². The molecule has 1 aromatic heterocycles. The van der Waals surface area contributed by atoms with Crippen molar-refractivity contribution in [2.75, 3.05) is 57.3 Å². The number of aliphatic hydroxyl groups is 1. The van der Waals surface area contributed by atoms with Gasteiger partial charge in [-0.1, -0.05) is 45.9 Å². The summed E-state index contributed by atoms with van der Waals surface area (Å²) in [6.07, 6.45) is 5.68. The van der Waals surface area contributed by atoms with Crippen molar-refractivity contribution in [1.29, 1.82) is 0 Å². The number of benzene rings is 1. The lowest BCUT2D eigenvalue weighted by Crippen LogP contribution is -2.46. The maximum atomic E-state index is 8.98. The van der Waals surface area contributed by atoms with E-state index in [1.165, 1.54) is 36.0 Å². The van der Waals surface area contributed by atoms with E-state index in [0.29, 0.717) is 12.6 Å². The normalized spacial score (nSPS) is 20.3. The summed E-state index contributed by atoms with van der Waals surface area (Å²) in [4.78, 5) is 12.7. The summed E-state index contributed by atoms with van der Waals surface area (Å²) in [5.74, 6) is 1.10. The quantitative estimate of drug-likeness (QED) is 0.458. The van der Waals surface area contributed by atoms with Gasteiger partial charge in [0.05, 0.1) is 5.69 Å². The number of aromatic nitrogens is 1. The first-order valence-electron chi connectivity index (χ1n) is 13.9. The van der Waals surface area contributed by atoms with Gasteiger partial charge >= 0.3 is 0 Å². The average molecular weight is 479 g/mol. The Morgan fingerprint density at radius 2 is 1.77 bits per heavy atom. The largest absolute Gasteiger partial charge is 0.396 e. The fourth-order valence-electron chi connectivity index (χ4n) is 6.03. The topological polar surface area (TPSA) is 42.8 Å². The zero-order valence-corrected chi connectivity index (χ0v) is 22.5.